The first kappa shape index (κ1) is 19.9. The third-order valence-corrected chi connectivity index (χ3v) is 5.79. The van der Waals surface area contributed by atoms with E-state index in [0.717, 1.165) is 42.5 Å². The van der Waals surface area contributed by atoms with Gasteiger partial charge in [0.1, 0.15) is 5.75 Å². The molecule has 0 spiro atoms. The van der Waals surface area contributed by atoms with Crippen LogP contribution < -0.4 is 10.1 Å². The van der Waals surface area contributed by atoms with Crippen molar-refractivity contribution in [2.24, 2.45) is 5.92 Å². The molecule has 0 unspecified atom stereocenters. The van der Waals surface area contributed by atoms with Crippen molar-refractivity contribution in [1.82, 2.24) is 10.2 Å². The number of carbonyl (C=O) groups excluding carboxylic acids is 1. The maximum absolute atomic E-state index is 11.2. The van der Waals surface area contributed by atoms with Crippen LogP contribution in [0, 0.1) is 5.92 Å². The Labute approximate surface area is 172 Å². The number of benzene rings is 2. The van der Waals surface area contributed by atoms with E-state index in [2.05, 4.69) is 40.5 Å². The number of hydrogen-bond acceptors (Lipinski definition) is 4. The van der Waals surface area contributed by atoms with Crippen LogP contribution in [0.5, 0.6) is 5.75 Å². The lowest BCUT2D eigenvalue weighted by Crippen LogP contribution is -2.33. The fraction of sp³-hybridized carbons (Fsp3) is 0.458. The number of aliphatic hydroxyl groups is 1. The van der Waals surface area contributed by atoms with Crippen LogP contribution in [0.25, 0.3) is 0 Å². The Morgan fingerprint density at radius 2 is 2.00 bits per heavy atom. The molecule has 0 aromatic heterocycles. The Bertz CT molecular complexity index is 861. The van der Waals surface area contributed by atoms with Crippen molar-refractivity contribution >= 4 is 5.91 Å². The van der Waals surface area contributed by atoms with Gasteiger partial charge >= 0.3 is 0 Å². The lowest BCUT2D eigenvalue weighted by atomic mass is 9.96. The zero-order chi connectivity index (χ0) is 20.4. The van der Waals surface area contributed by atoms with Crippen LogP contribution in [0.2, 0.25) is 0 Å². The van der Waals surface area contributed by atoms with Crippen molar-refractivity contribution in [3.8, 4) is 5.75 Å². The van der Waals surface area contributed by atoms with E-state index in [-0.39, 0.29) is 11.9 Å². The molecule has 1 aliphatic heterocycles. The minimum absolute atomic E-state index is 0.00145. The first-order valence-electron chi connectivity index (χ1n) is 10.5. The summed E-state index contributed by atoms with van der Waals surface area (Å²) < 4.78 is 5.87. The SMILES string of the molecule is CC(=O)N[C@@H](C)c1ccc(CN2Cc3ccc(OCC4CC4)cc3[C@H](O)C2)cc1. The Morgan fingerprint density at radius 3 is 2.69 bits per heavy atom. The van der Waals surface area contributed by atoms with Crippen LogP contribution in [0.3, 0.4) is 0 Å². The van der Waals surface area contributed by atoms with Gasteiger partial charge in [0.25, 0.3) is 0 Å². The lowest BCUT2D eigenvalue weighted by molar-refractivity contribution is -0.119. The molecule has 154 valence electrons. The molecular weight excluding hydrogens is 364 g/mol. The van der Waals surface area contributed by atoms with Crippen LogP contribution in [0.4, 0.5) is 0 Å². The van der Waals surface area contributed by atoms with E-state index >= 15 is 0 Å². The first-order valence-corrected chi connectivity index (χ1v) is 10.5. The molecule has 5 heteroatoms. The molecule has 2 N–H and O–H groups in total. The molecule has 4 rings (SSSR count). The molecule has 0 saturated heterocycles. The summed E-state index contributed by atoms with van der Waals surface area (Å²) in [5.41, 5.74) is 4.45. The van der Waals surface area contributed by atoms with Gasteiger partial charge in [0.2, 0.25) is 5.91 Å². The van der Waals surface area contributed by atoms with Crippen molar-refractivity contribution in [3.63, 3.8) is 0 Å². The predicted octanol–water partition coefficient (Wildman–Crippen LogP) is 3.72. The van der Waals surface area contributed by atoms with Gasteiger partial charge in [0.05, 0.1) is 18.8 Å². The summed E-state index contributed by atoms with van der Waals surface area (Å²) in [7, 11) is 0. The standard InChI is InChI=1S/C24H30N2O3/c1-16(25-17(2)27)20-7-5-18(6-8-20)12-26-13-21-9-10-22(29-15-19-3-4-19)11-23(21)24(28)14-26/h5-11,16,19,24,28H,3-4,12-15H2,1-2H3,(H,25,27)/t16-,24+/m0/s1. The summed E-state index contributed by atoms with van der Waals surface area (Å²) in [6.45, 7) is 6.52. The van der Waals surface area contributed by atoms with E-state index in [1.807, 2.05) is 19.1 Å². The summed E-state index contributed by atoms with van der Waals surface area (Å²) in [5.74, 6) is 1.56. The third-order valence-electron chi connectivity index (χ3n) is 5.79. The fourth-order valence-electron chi connectivity index (χ4n) is 3.94. The van der Waals surface area contributed by atoms with Gasteiger partial charge in [-0.25, -0.2) is 0 Å². The van der Waals surface area contributed by atoms with E-state index in [1.54, 1.807) is 0 Å². The number of amides is 1. The normalized spacial score (nSPS) is 20.0. The largest absolute Gasteiger partial charge is 0.493 e. The Hall–Kier alpha value is -2.37. The smallest absolute Gasteiger partial charge is 0.217 e. The molecule has 1 amide bonds. The van der Waals surface area contributed by atoms with Crippen LogP contribution in [-0.2, 0) is 17.9 Å². The highest BCUT2D eigenvalue weighted by molar-refractivity contribution is 5.73. The van der Waals surface area contributed by atoms with Gasteiger partial charge in [-0.15, -0.1) is 0 Å². The number of ether oxygens (including phenoxy) is 1. The Morgan fingerprint density at radius 1 is 1.24 bits per heavy atom. The molecule has 29 heavy (non-hydrogen) atoms. The molecule has 1 heterocycles. The zero-order valence-electron chi connectivity index (χ0n) is 17.2. The number of carbonyl (C=O) groups is 1. The molecule has 1 saturated carbocycles. The van der Waals surface area contributed by atoms with Gasteiger partial charge in [-0.2, -0.15) is 0 Å². The van der Waals surface area contributed by atoms with Crippen LogP contribution in [0.1, 0.15) is 61.1 Å². The van der Waals surface area contributed by atoms with Crippen LogP contribution in [-0.4, -0.2) is 29.1 Å². The molecule has 0 bridgehead atoms. The quantitative estimate of drug-likeness (QED) is 0.751. The van der Waals surface area contributed by atoms with E-state index in [1.165, 1.54) is 30.9 Å². The maximum atomic E-state index is 11.2. The van der Waals surface area contributed by atoms with Gasteiger partial charge in [0.15, 0.2) is 0 Å². The minimum atomic E-state index is -0.498. The van der Waals surface area contributed by atoms with Gasteiger partial charge in [-0.1, -0.05) is 30.3 Å². The first-order chi connectivity index (χ1) is 14.0. The maximum Gasteiger partial charge on any atom is 0.217 e. The molecule has 0 radical (unpaired) electrons. The number of hydrogen-bond donors (Lipinski definition) is 2. The summed E-state index contributed by atoms with van der Waals surface area (Å²) in [6, 6.07) is 14.5. The van der Waals surface area contributed by atoms with E-state index < -0.39 is 6.10 Å². The molecule has 2 atom stereocenters. The van der Waals surface area contributed by atoms with Crippen molar-refractivity contribution in [3.05, 3.63) is 64.7 Å². The molecule has 1 aliphatic carbocycles. The number of nitrogens with zero attached hydrogens (tertiary/aromatic N) is 1. The third kappa shape index (κ3) is 5.17. The highest BCUT2D eigenvalue weighted by Crippen LogP contribution is 2.33. The molecule has 2 aromatic rings. The summed E-state index contributed by atoms with van der Waals surface area (Å²) in [4.78, 5) is 13.5. The summed E-state index contributed by atoms with van der Waals surface area (Å²) >= 11 is 0. The van der Waals surface area contributed by atoms with E-state index in [0.29, 0.717) is 6.54 Å². The number of fused-ring (bicyclic) bond motifs is 1. The number of rotatable bonds is 7. The monoisotopic (exact) mass is 394 g/mol. The predicted molar refractivity (Wildman–Crippen MR) is 112 cm³/mol. The number of aliphatic hydroxyl groups excluding tert-OH is 1. The average Bonchev–Trinajstić information content (AvgIpc) is 3.51. The van der Waals surface area contributed by atoms with E-state index in [9.17, 15) is 9.90 Å². The summed E-state index contributed by atoms with van der Waals surface area (Å²) in [6.07, 6.45) is 2.05. The molecular formula is C24H30N2O3. The second-order valence-electron chi connectivity index (χ2n) is 8.46. The van der Waals surface area contributed by atoms with Crippen molar-refractivity contribution in [2.75, 3.05) is 13.2 Å². The molecule has 2 aromatic carbocycles. The second-order valence-corrected chi connectivity index (χ2v) is 8.46. The highest BCUT2D eigenvalue weighted by Gasteiger charge is 2.25. The van der Waals surface area contributed by atoms with Gasteiger partial charge in [-0.3, -0.25) is 9.69 Å². The molecule has 2 aliphatic rings. The zero-order valence-corrected chi connectivity index (χ0v) is 17.2. The molecule has 5 nitrogen and oxygen atoms in total. The number of β-amino-alcohol motifs (C(OH)–C–C–N with tert-alkyl or cyclic N) is 1. The van der Waals surface area contributed by atoms with Crippen molar-refractivity contribution in [2.45, 2.75) is 51.9 Å². The lowest BCUT2D eigenvalue weighted by Gasteiger charge is -2.32. The Kier molecular flexibility index (Phi) is 5.88. The summed E-state index contributed by atoms with van der Waals surface area (Å²) in [5, 5.41) is 13.6. The van der Waals surface area contributed by atoms with Gasteiger partial charge in [-0.05, 0) is 60.1 Å². The fourth-order valence-corrected chi connectivity index (χ4v) is 3.94. The second kappa shape index (κ2) is 8.56. The van der Waals surface area contributed by atoms with Crippen LogP contribution in [0.15, 0.2) is 42.5 Å². The van der Waals surface area contributed by atoms with Crippen molar-refractivity contribution in [1.29, 1.82) is 0 Å². The average molecular weight is 395 g/mol. The minimum Gasteiger partial charge on any atom is -0.493 e. The van der Waals surface area contributed by atoms with E-state index in [4.69, 9.17) is 4.74 Å². The van der Waals surface area contributed by atoms with Crippen LogP contribution >= 0.6 is 0 Å². The molecule has 1 fully saturated rings. The highest BCUT2D eigenvalue weighted by atomic mass is 16.5. The number of nitrogens with one attached hydrogen (secondary N) is 1. The van der Waals surface area contributed by atoms with Gasteiger partial charge in [0, 0.05) is 26.6 Å². The topological polar surface area (TPSA) is 61.8 Å². The van der Waals surface area contributed by atoms with Crippen molar-refractivity contribution < 1.29 is 14.6 Å². The van der Waals surface area contributed by atoms with Gasteiger partial charge < -0.3 is 15.2 Å². The Balaban J connectivity index is 1.37.